The molecule has 1 saturated heterocycles. The van der Waals surface area contributed by atoms with Crippen molar-refractivity contribution in [3.05, 3.63) is 60.0 Å². The predicted molar refractivity (Wildman–Crippen MR) is 136 cm³/mol. The number of benzene rings is 2. The van der Waals surface area contributed by atoms with Gasteiger partial charge in [0.25, 0.3) is 0 Å². The molecular weight excluding hydrogens is 477 g/mol. The maximum Gasteiger partial charge on any atom is 0.162 e. The first-order chi connectivity index (χ1) is 18.2. The molecule has 10 nitrogen and oxygen atoms in total. The van der Waals surface area contributed by atoms with E-state index in [-0.39, 0.29) is 13.2 Å². The van der Waals surface area contributed by atoms with Crippen molar-refractivity contribution in [2.24, 2.45) is 0 Å². The molecule has 2 aromatic carbocycles. The molecule has 37 heavy (non-hydrogen) atoms. The minimum absolute atomic E-state index is 0.212. The van der Waals surface area contributed by atoms with Gasteiger partial charge in [-0.25, -0.2) is 9.37 Å². The molecule has 2 aromatic heterocycles. The number of rotatable bonds is 9. The maximum atomic E-state index is 12.5. The van der Waals surface area contributed by atoms with E-state index in [1.807, 2.05) is 18.2 Å². The molecule has 0 aliphatic carbocycles. The molecule has 0 amide bonds. The molecule has 0 spiro atoms. The van der Waals surface area contributed by atoms with Crippen molar-refractivity contribution < 1.29 is 18.6 Å². The molecule has 1 aliphatic rings. The van der Waals surface area contributed by atoms with Crippen LogP contribution in [0.4, 0.5) is 21.6 Å². The van der Waals surface area contributed by atoms with Gasteiger partial charge in [0.15, 0.2) is 11.5 Å². The molecule has 1 fully saturated rings. The van der Waals surface area contributed by atoms with E-state index in [9.17, 15) is 9.65 Å². The lowest BCUT2D eigenvalue weighted by Crippen LogP contribution is -2.36. The fourth-order valence-corrected chi connectivity index (χ4v) is 4.10. The number of nitrogens with zero attached hydrogens (tertiary/aromatic N) is 6. The minimum atomic E-state index is -0.476. The quantitative estimate of drug-likeness (QED) is 0.364. The Morgan fingerprint density at radius 2 is 2.03 bits per heavy atom. The van der Waals surface area contributed by atoms with Crippen LogP contribution in [0.15, 0.2) is 48.9 Å². The van der Waals surface area contributed by atoms with Crippen LogP contribution >= 0.6 is 0 Å². The van der Waals surface area contributed by atoms with Crippen molar-refractivity contribution in [1.29, 1.82) is 5.26 Å². The van der Waals surface area contributed by atoms with Crippen molar-refractivity contribution in [1.82, 2.24) is 19.7 Å². The van der Waals surface area contributed by atoms with Crippen LogP contribution in [0.1, 0.15) is 11.1 Å². The minimum Gasteiger partial charge on any atom is -0.493 e. The zero-order valence-electron chi connectivity index (χ0n) is 20.4. The lowest BCUT2D eigenvalue weighted by atomic mass is 10.1. The van der Waals surface area contributed by atoms with E-state index in [4.69, 9.17) is 19.2 Å². The number of alkyl halides is 1. The van der Waals surface area contributed by atoms with Gasteiger partial charge in [-0.05, 0) is 24.3 Å². The molecule has 0 bridgehead atoms. The highest BCUT2D eigenvalue weighted by molar-refractivity contribution is 5.89. The Labute approximate surface area is 213 Å². The summed E-state index contributed by atoms with van der Waals surface area (Å²) in [5.41, 5.74) is 3.74. The second-order valence-electron chi connectivity index (χ2n) is 8.38. The standard InChI is InChI=1S/C26H26FN7O3/c1-35-24-12-19(2-5-23(24)37-17-18-14-30-34(16-18)7-6-27)31-21-3-4-22-26(20(21)13-28)32-25(15-29-22)33-8-10-36-11-9-33/h2-5,12,14-16,31H,6-11,17H2,1H3. The third-order valence-electron chi connectivity index (χ3n) is 5.99. The van der Waals surface area contributed by atoms with Crippen LogP contribution in [0.3, 0.4) is 0 Å². The predicted octanol–water partition coefficient (Wildman–Crippen LogP) is 3.84. The summed E-state index contributed by atoms with van der Waals surface area (Å²) in [6.07, 6.45) is 5.13. The Morgan fingerprint density at radius 3 is 2.81 bits per heavy atom. The number of hydrogen-bond acceptors (Lipinski definition) is 9. The van der Waals surface area contributed by atoms with E-state index < -0.39 is 6.67 Å². The van der Waals surface area contributed by atoms with E-state index in [1.165, 1.54) is 4.68 Å². The van der Waals surface area contributed by atoms with Crippen LogP contribution in [-0.4, -0.2) is 59.8 Å². The number of morpholine rings is 1. The molecule has 1 aliphatic heterocycles. The van der Waals surface area contributed by atoms with E-state index in [1.54, 1.807) is 37.8 Å². The SMILES string of the molecule is COc1cc(Nc2ccc3ncc(N4CCOCC4)nc3c2C#N)ccc1OCc1cnn(CCF)c1. The number of halogens is 1. The number of nitriles is 1. The summed E-state index contributed by atoms with van der Waals surface area (Å²) in [4.78, 5) is 11.4. The van der Waals surface area contributed by atoms with Gasteiger partial charge in [0.05, 0.1) is 50.5 Å². The Morgan fingerprint density at radius 1 is 1.16 bits per heavy atom. The highest BCUT2D eigenvalue weighted by Gasteiger charge is 2.17. The Balaban J connectivity index is 1.36. The molecule has 4 aromatic rings. The van der Waals surface area contributed by atoms with Crippen molar-refractivity contribution in [2.75, 3.05) is 50.3 Å². The second-order valence-corrected chi connectivity index (χ2v) is 8.38. The average molecular weight is 504 g/mol. The van der Waals surface area contributed by atoms with Gasteiger partial charge < -0.3 is 24.4 Å². The molecule has 0 saturated carbocycles. The van der Waals surface area contributed by atoms with E-state index in [2.05, 4.69) is 26.4 Å². The molecule has 190 valence electrons. The van der Waals surface area contributed by atoms with Gasteiger partial charge in [-0.15, -0.1) is 0 Å². The van der Waals surface area contributed by atoms with E-state index in [0.29, 0.717) is 52.7 Å². The van der Waals surface area contributed by atoms with Crippen LogP contribution in [-0.2, 0) is 17.9 Å². The van der Waals surface area contributed by atoms with Crippen LogP contribution in [0.2, 0.25) is 0 Å². The topological polar surface area (TPSA) is 110 Å². The summed E-state index contributed by atoms with van der Waals surface area (Å²) in [6, 6.07) is 11.4. The zero-order chi connectivity index (χ0) is 25.6. The van der Waals surface area contributed by atoms with Crippen LogP contribution in [0.25, 0.3) is 11.0 Å². The highest BCUT2D eigenvalue weighted by atomic mass is 19.1. The fourth-order valence-electron chi connectivity index (χ4n) is 4.10. The van der Waals surface area contributed by atoms with Gasteiger partial charge in [-0.1, -0.05) is 0 Å². The maximum absolute atomic E-state index is 12.5. The van der Waals surface area contributed by atoms with Crippen molar-refractivity contribution in [3.63, 3.8) is 0 Å². The summed E-state index contributed by atoms with van der Waals surface area (Å²) >= 11 is 0. The number of fused-ring (bicyclic) bond motifs is 1. The summed E-state index contributed by atoms with van der Waals surface area (Å²) < 4.78 is 30.9. The lowest BCUT2D eigenvalue weighted by molar-refractivity contribution is 0.122. The van der Waals surface area contributed by atoms with Crippen molar-refractivity contribution in [2.45, 2.75) is 13.2 Å². The molecule has 1 N–H and O–H groups in total. The van der Waals surface area contributed by atoms with Crippen molar-refractivity contribution >= 4 is 28.2 Å². The molecular formula is C26H26FN7O3. The highest BCUT2D eigenvalue weighted by Crippen LogP contribution is 2.34. The summed E-state index contributed by atoms with van der Waals surface area (Å²) in [5.74, 6) is 1.80. The molecule has 3 heterocycles. The molecule has 0 radical (unpaired) electrons. The number of aromatic nitrogens is 4. The van der Waals surface area contributed by atoms with Crippen LogP contribution < -0.4 is 19.7 Å². The third-order valence-corrected chi connectivity index (χ3v) is 5.99. The van der Waals surface area contributed by atoms with Crippen molar-refractivity contribution in [3.8, 4) is 17.6 Å². The third kappa shape index (κ3) is 5.39. The molecule has 0 atom stereocenters. The Bertz CT molecular complexity index is 1430. The van der Waals surface area contributed by atoms with Crippen LogP contribution in [0, 0.1) is 11.3 Å². The number of methoxy groups -OCH3 is 1. The van der Waals surface area contributed by atoms with E-state index in [0.717, 1.165) is 24.5 Å². The number of anilines is 3. The Hall–Kier alpha value is -4.43. The summed E-state index contributed by atoms with van der Waals surface area (Å²) in [6.45, 7) is 2.73. The normalized spacial score (nSPS) is 13.4. The number of ether oxygens (including phenoxy) is 3. The molecule has 0 unspecified atom stereocenters. The first kappa shape index (κ1) is 24.3. The monoisotopic (exact) mass is 503 g/mol. The zero-order valence-corrected chi connectivity index (χ0v) is 20.4. The molecule has 11 heteroatoms. The second kappa shape index (κ2) is 11.1. The first-order valence-corrected chi connectivity index (χ1v) is 11.9. The Kier molecular flexibility index (Phi) is 7.28. The van der Waals surface area contributed by atoms with Crippen LogP contribution in [0.5, 0.6) is 11.5 Å². The largest absolute Gasteiger partial charge is 0.493 e. The smallest absolute Gasteiger partial charge is 0.162 e. The van der Waals surface area contributed by atoms with E-state index >= 15 is 0 Å². The van der Waals surface area contributed by atoms with Gasteiger partial charge >= 0.3 is 0 Å². The fraction of sp³-hybridized carbons (Fsp3) is 0.308. The van der Waals surface area contributed by atoms with Gasteiger partial charge in [0, 0.05) is 36.6 Å². The van der Waals surface area contributed by atoms with Gasteiger partial charge in [0.2, 0.25) is 0 Å². The van der Waals surface area contributed by atoms with Gasteiger partial charge in [-0.2, -0.15) is 10.4 Å². The van der Waals surface area contributed by atoms with Gasteiger partial charge in [0.1, 0.15) is 36.2 Å². The summed E-state index contributed by atoms with van der Waals surface area (Å²) in [7, 11) is 1.56. The van der Waals surface area contributed by atoms with Gasteiger partial charge in [-0.3, -0.25) is 9.67 Å². The lowest BCUT2D eigenvalue weighted by Gasteiger charge is -2.27. The average Bonchev–Trinajstić information content (AvgIpc) is 3.39. The molecule has 5 rings (SSSR count). The first-order valence-electron chi connectivity index (χ1n) is 11.9. The summed E-state index contributed by atoms with van der Waals surface area (Å²) in [5, 5.41) is 17.4. The number of hydrogen-bond donors (Lipinski definition) is 1. The number of aryl methyl sites for hydroxylation is 1. The number of nitrogens with one attached hydrogen (secondary N) is 1.